The molecular weight excluding hydrogens is 268 g/mol. The van der Waals surface area contributed by atoms with Crippen LogP contribution in [-0.2, 0) is 6.42 Å². The van der Waals surface area contributed by atoms with E-state index in [0.29, 0.717) is 28.7 Å². The summed E-state index contributed by atoms with van der Waals surface area (Å²) in [7, 11) is 0. The van der Waals surface area contributed by atoms with Gasteiger partial charge in [-0.3, -0.25) is 4.79 Å². The number of phenolic OH excluding ortho intramolecular Hbond substituents is 2. The van der Waals surface area contributed by atoms with Crippen LogP contribution in [0.15, 0.2) is 49.1 Å². The number of ketones is 1. The summed E-state index contributed by atoms with van der Waals surface area (Å²) in [6, 6.07) is 9.33. The third-order valence-corrected chi connectivity index (χ3v) is 3.22. The van der Waals surface area contributed by atoms with Gasteiger partial charge in [0.1, 0.15) is 18.1 Å². The Labute approximate surface area is 122 Å². The number of aliphatic hydroxyl groups is 1. The number of carbonyl (C=O) groups excluding carboxylic acids is 1. The minimum absolute atomic E-state index is 0.0275. The van der Waals surface area contributed by atoms with Gasteiger partial charge < -0.3 is 15.3 Å². The van der Waals surface area contributed by atoms with E-state index < -0.39 is 12.4 Å². The van der Waals surface area contributed by atoms with E-state index in [1.807, 2.05) is 0 Å². The van der Waals surface area contributed by atoms with E-state index in [4.69, 9.17) is 5.11 Å². The monoisotopic (exact) mass is 284 g/mol. The number of hydrogen-bond donors (Lipinski definition) is 3. The molecule has 0 amide bonds. The highest BCUT2D eigenvalue weighted by molar-refractivity contribution is 5.98. The topological polar surface area (TPSA) is 77.8 Å². The van der Waals surface area contributed by atoms with Gasteiger partial charge in [-0.25, -0.2) is 0 Å². The summed E-state index contributed by atoms with van der Waals surface area (Å²) in [5.41, 5.74) is 2.15. The molecule has 21 heavy (non-hydrogen) atoms. The fraction of sp³-hybridized carbons (Fsp3) is 0.118. The zero-order valence-corrected chi connectivity index (χ0v) is 11.4. The van der Waals surface area contributed by atoms with Crippen molar-refractivity contribution < 1.29 is 20.1 Å². The molecule has 4 heteroatoms. The van der Waals surface area contributed by atoms with Gasteiger partial charge in [-0.05, 0) is 47.9 Å². The fourth-order valence-corrected chi connectivity index (χ4v) is 2.10. The summed E-state index contributed by atoms with van der Waals surface area (Å²) in [6.07, 6.45) is 2.17. The molecule has 0 aliphatic rings. The summed E-state index contributed by atoms with van der Waals surface area (Å²) in [5.74, 6) is -0.234. The van der Waals surface area contributed by atoms with Crippen molar-refractivity contribution in [3.8, 4) is 22.6 Å². The van der Waals surface area contributed by atoms with Crippen LogP contribution in [0.3, 0.4) is 0 Å². The van der Waals surface area contributed by atoms with E-state index in [1.165, 1.54) is 24.3 Å². The van der Waals surface area contributed by atoms with Gasteiger partial charge in [0.25, 0.3) is 0 Å². The summed E-state index contributed by atoms with van der Waals surface area (Å²) < 4.78 is 0. The first-order valence-electron chi connectivity index (χ1n) is 6.47. The van der Waals surface area contributed by atoms with Gasteiger partial charge in [0, 0.05) is 11.1 Å². The standard InChI is InChI=1S/C17H16O4/c1-2-3-12-8-11(4-6-15(12)19)14-9-13(17(21)10-18)5-7-16(14)20/h2,4-9,18-20H,1,3,10H2. The Kier molecular flexibility index (Phi) is 4.40. The summed E-state index contributed by atoms with van der Waals surface area (Å²) >= 11 is 0. The van der Waals surface area contributed by atoms with Gasteiger partial charge in [-0.2, -0.15) is 0 Å². The number of aromatic hydroxyl groups is 2. The highest BCUT2D eigenvalue weighted by Gasteiger charge is 2.11. The number of aliphatic hydroxyl groups excluding tert-OH is 1. The minimum atomic E-state index is -0.582. The van der Waals surface area contributed by atoms with Crippen molar-refractivity contribution in [1.29, 1.82) is 0 Å². The molecule has 0 bridgehead atoms. The molecule has 0 heterocycles. The number of phenols is 2. The average molecular weight is 284 g/mol. The molecule has 0 aliphatic carbocycles. The Morgan fingerprint density at radius 3 is 2.48 bits per heavy atom. The number of rotatable bonds is 5. The third kappa shape index (κ3) is 3.12. The first-order chi connectivity index (χ1) is 10.1. The molecule has 0 spiro atoms. The zero-order valence-electron chi connectivity index (χ0n) is 11.4. The maximum Gasteiger partial charge on any atom is 0.188 e. The van der Waals surface area contributed by atoms with Crippen molar-refractivity contribution in [3.05, 3.63) is 60.2 Å². The summed E-state index contributed by atoms with van der Waals surface area (Å²) in [5, 5.41) is 28.7. The van der Waals surface area contributed by atoms with E-state index >= 15 is 0 Å². The Hall–Kier alpha value is -2.59. The number of benzene rings is 2. The SMILES string of the molecule is C=CCc1cc(-c2cc(C(=O)CO)ccc2O)ccc1O. The van der Waals surface area contributed by atoms with E-state index in [2.05, 4.69) is 6.58 Å². The van der Waals surface area contributed by atoms with Crippen LogP contribution >= 0.6 is 0 Å². The molecule has 3 N–H and O–H groups in total. The lowest BCUT2D eigenvalue weighted by molar-refractivity contribution is 0.0904. The van der Waals surface area contributed by atoms with Crippen molar-refractivity contribution >= 4 is 5.78 Å². The lowest BCUT2D eigenvalue weighted by atomic mass is 9.97. The molecule has 4 nitrogen and oxygen atoms in total. The van der Waals surface area contributed by atoms with Crippen LogP contribution in [0.1, 0.15) is 15.9 Å². The number of Topliss-reactive ketones (excluding diaryl/α,β-unsaturated/α-hetero) is 1. The predicted octanol–water partition coefficient (Wildman–Crippen LogP) is 2.67. The second kappa shape index (κ2) is 6.24. The number of carbonyl (C=O) groups is 1. The molecule has 0 unspecified atom stereocenters. The van der Waals surface area contributed by atoms with Crippen molar-refractivity contribution in [2.45, 2.75) is 6.42 Å². The molecule has 2 aromatic carbocycles. The van der Waals surface area contributed by atoms with Gasteiger partial charge in [-0.15, -0.1) is 6.58 Å². The van der Waals surface area contributed by atoms with Crippen LogP contribution in [0.25, 0.3) is 11.1 Å². The Bertz CT molecular complexity index is 689. The van der Waals surface area contributed by atoms with Crippen LogP contribution in [0.4, 0.5) is 0 Å². The van der Waals surface area contributed by atoms with E-state index in [-0.39, 0.29) is 11.5 Å². The second-order valence-corrected chi connectivity index (χ2v) is 4.65. The first kappa shape index (κ1) is 14.8. The maximum absolute atomic E-state index is 11.5. The van der Waals surface area contributed by atoms with E-state index in [0.717, 1.165) is 0 Å². The fourth-order valence-electron chi connectivity index (χ4n) is 2.10. The van der Waals surface area contributed by atoms with Gasteiger partial charge in [0.05, 0.1) is 0 Å². The molecular formula is C17H16O4. The lowest BCUT2D eigenvalue weighted by Crippen LogP contribution is -2.04. The first-order valence-corrected chi connectivity index (χ1v) is 6.47. The van der Waals surface area contributed by atoms with Gasteiger partial charge in [0.2, 0.25) is 0 Å². The average Bonchev–Trinajstić information content (AvgIpc) is 2.49. The molecule has 108 valence electrons. The van der Waals surface area contributed by atoms with Crippen LogP contribution in [-0.4, -0.2) is 27.7 Å². The van der Waals surface area contributed by atoms with Crippen LogP contribution in [0, 0.1) is 0 Å². The highest BCUT2D eigenvalue weighted by atomic mass is 16.3. The summed E-state index contributed by atoms with van der Waals surface area (Å²) in [4.78, 5) is 11.5. The molecule has 2 aromatic rings. The van der Waals surface area contributed by atoms with Crippen molar-refractivity contribution in [2.24, 2.45) is 0 Å². The van der Waals surface area contributed by atoms with Crippen LogP contribution < -0.4 is 0 Å². The molecule has 0 atom stereocenters. The van der Waals surface area contributed by atoms with Crippen LogP contribution in [0.5, 0.6) is 11.5 Å². The Morgan fingerprint density at radius 2 is 1.81 bits per heavy atom. The highest BCUT2D eigenvalue weighted by Crippen LogP contribution is 2.33. The molecule has 0 saturated carbocycles. The van der Waals surface area contributed by atoms with Crippen molar-refractivity contribution in [3.63, 3.8) is 0 Å². The van der Waals surface area contributed by atoms with Crippen molar-refractivity contribution in [2.75, 3.05) is 6.61 Å². The number of hydrogen-bond acceptors (Lipinski definition) is 4. The molecule has 0 aromatic heterocycles. The van der Waals surface area contributed by atoms with E-state index in [1.54, 1.807) is 18.2 Å². The predicted molar refractivity (Wildman–Crippen MR) is 80.5 cm³/mol. The smallest absolute Gasteiger partial charge is 0.188 e. The maximum atomic E-state index is 11.5. The van der Waals surface area contributed by atoms with Gasteiger partial charge in [-0.1, -0.05) is 12.1 Å². The molecule has 0 saturated heterocycles. The molecule has 0 fully saturated rings. The van der Waals surface area contributed by atoms with E-state index in [9.17, 15) is 15.0 Å². The quantitative estimate of drug-likeness (QED) is 0.582. The normalized spacial score (nSPS) is 10.3. The molecule has 2 rings (SSSR count). The Balaban J connectivity index is 2.52. The van der Waals surface area contributed by atoms with Crippen molar-refractivity contribution in [1.82, 2.24) is 0 Å². The third-order valence-electron chi connectivity index (χ3n) is 3.22. The Morgan fingerprint density at radius 1 is 1.10 bits per heavy atom. The molecule has 0 radical (unpaired) electrons. The molecule has 0 aliphatic heterocycles. The zero-order chi connectivity index (χ0) is 15.4. The van der Waals surface area contributed by atoms with Crippen LogP contribution in [0.2, 0.25) is 0 Å². The number of allylic oxidation sites excluding steroid dienone is 1. The largest absolute Gasteiger partial charge is 0.508 e. The van der Waals surface area contributed by atoms with Gasteiger partial charge in [0.15, 0.2) is 5.78 Å². The summed E-state index contributed by atoms with van der Waals surface area (Å²) in [6.45, 7) is 3.05. The second-order valence-electron chi connectivity index (χ2n) is 4.65. The van der Waals surface area contributed by atoms with Gasteiger partial charge >= 0.3 is 0 Å². The lowest BCUT2D eigenvalue weighted by Gasteiger charge is -2.10. The minimum Gasteiger partial charge on any atom is -0.508 e.